The second kappa shape index (κ2) is 5.28. The molecule has 18 heavy (non-hydrogen) atoms. The molecule has 1 unspecified atom stereocenters. The maximum absolute atomic E-state index is 5.64. The fourth-order valence-electron chi connectivity index (χ4n) is 2.42. The molecular weight excluding hydrogens is 244 g/mol. The van der Waals surface area contributed by atoms with Gasteiger partial charge in [0.1, 0.15) is 5.82 Å². The Bertz CT molecular complexity index is 531. The smallest absolute Gasteiger partial charge is 0.161 e. The quantitative estimate of drug-likeness (QED) is 0.919. The molecule has 1 aliphatic rings. The molecule has 0 bridgehead atoms. The lowest BCUT2D eigenvalue weighted by molar-refractivity contribution is 0.645. The Labute approximate surface area is 111 Å². The highest BCUT2D eigenvalue weighted by molar-refractivity contribution is 7.99. The predicted molar refractivity (Wildman–Crippen MR) is 74.7 cm³/mol. The maximum atomic E-state index is 5.64. The van der Waals surface area contributed by atoms with Crippen LogP contribution in [0.2, 0.25) is 0 Å². The van der Waals surface area contributed by atoms with Gasteiger partial charge in [-0.1, -0.05) is 6.42 Å². The van der Waals surface area contributed by atoms with Crippen LogP contribution in [0.15, 0.2) is 18.3 Å². The average molecular weight is 262 g/mol. The summed E-state index contributed by atoms with van der Waals surface area (Å²) in [5.74, 6) is 2.37. The van der Waals surface area contributed by atoms with Crippen LogP contribution in [-0.2, 0) is 13.0 Å². The van der Waals surface area contributed by atoms with Crippen LogP contribution in [0, 0.1) is 0 Å². The van der Waals surface area contributed by atoms with Crippen LogP contribution in [0.25, 0.3) is 5.65 Å². The highest BCUT2D eigenvalue weighted by Crippen LogP contribution is 2.27. The maximum Gasteiger partial charge on any atom is 0.161 e. The third-order valence-electron chi connectivity index (χ3n) is 3.46. The van der Waals surface area contributed by atoms with Gasteiger partial charge in [0.05, 0.1) is 0 Å². The van der Waals surface area contributed by atoms with Crippen LogP contribution >= 0.6 is 11.8 Å². The minimum Gasteiger partial charge on any atom is -0.326 e. The summed E-state index contributed by atoms with van der Waals surface area (Å²) in [4.78, 5) is 0. The number of pyridine rings is 1. The molecule has 0 aromatic carbocycles. The third kappa shape index (κ3) is 2.37. The van der Waals surface area contributed by atoms with Crippen LogP contribution in [-0.4, -0.2) is 25.6 Å². The summed E-state index contributed by atoms with van der Waals surface area (Å²) in [5, 5.41) is 9.27. The number of thioether (sulfide) groups is 1. The second-order valence-electron chi connectivity index (χ2n) is 4.78. The Hall–Kier alpha value is -1.07. The molecule has 3 rings (SSSR count). The molecule has 2 aromatic heterocycles. The summed E-state index contributed by atoms with van der Waals surface area (Å²) in [6, 6.07) is 4.07. The zero-order valence-corrected chi connectivity index (χ0v) is 11.2. The van der Waals surface area contributed by atoms with Crippen LogP contribution in [0.5, 0.6) is 0 Å². The monoisotopic (exact) mass is 262 g/mol. The van der Waals surface area contributed by atoms with Crippen molar-refractivity contribution in [2.45, 2.75) is 37.5 Å². The van der Waals surface area contributed by atoms with E-state index < -0.39 is 0 Å². The fourth-order valence-corrected chi connectivity index (χ4v) is 3.73. The van der Waals surface area contributed by atoms with E-state index in [1.165, 1.54) is 25.0 Å². The molecule has 1 aliphatic heterocycles. The van der Waals surface area contributed by atoms with Gasteiger partial charge < -0.3 is 5.73 Å². The van der Waals surface area contributed by atoms with E-state index in [9.17, 15) is 0 Å². The number of nitrogens with zero attached hydrogens (tertiary/aromatic N) is 3. The number of nitrogens with two attached hydrogens (primary N) is 1. The van der Waals surface area contributed by atoms with Crippen molar-refractivity contribution in [2.24, 2.45) is 5.73 Å². The number of hydrogen-bond donors (Lipinski definition) is 1. The summed E-state index contributed by atoms with van der Waals surface area (Å²) in [6.07, 6.45) is 7.09. The summed E-state index contributed by atoms with van der Waals surface area (Å²) < 4.78 is 2.09. The van der Waals surface area contributed by atoms with Gasteiger partial charge in [-0.25, -0.2) is 0 Å². The van der Waals surface area contributed by atoms with E-state index in [2.05, 4.69) is 26.4 Å². The Morgan fingerprint density at radius 2 is 2.33 bits per heavy atom. The van der Waals surface area contributed by atoms with Crippen LogP contribution in [0.1, 0.15) is 30.7 Å². The molecule has 0 spiro atoms. The van der Waals surface area contributed by atoms with E-state index in [1.807, 2.05) is 18.3 Å². The first-order valence-electron chi connectivity index (χ1n) is 6.51. The molecule has 96 valence electrons. The molecule has 0 radical (unpaired) electrons. The second-order valence-corrected chi connectivity index (χ2v) is 6.18. The summed E-state index contributed by atoms with van der Waals surface area (Å²) in [7, 11) is 0. The molecule has 0 saturated carbocycles. The fraction of sp³-hybridized carbons (Fsp3) is 0.538. The molecule has 2 aromatic rings. The highest BCUT2D eigenvalue weighted by atomic mass is 32.2. The molecule has 0 amide bonds. The van der Waals surface area contributed by atoms with Crippen molar-refractivity contribution >= 4 is 17.4 Å². The summed E-state index contributed by atoms with van der Waals surface area (Å²) >= 11 is 2.08. The van der Waals surface area contributed by atoms with Gasteiger partial charge in [0, 0.05) is 24.4 Å². The van der Waals surface area contributed by atoms with E-state index in [0.717, 1.165) is 23.5 Å². The van der Waals surface area contributed by atoms with E-state index >= 15 is 0 Å². The normalized spacial score (nSPS) is 20.4. The Kier molecular flexibility index (Phi) is 3.52. The Morgan fingerprint density at radius 3 is 3.11 bits per heavy atom. The summed E-state index contributed by atoms with van der Waals surface area (Å²) in [6.45, 7) is 0.553. The third-order valence-corrected chi connectivity index (χ3v) is 4.86. The van der Waals surface area contributed by atoms with Crippen molar-refractivity contribution in [1.29, 1.82) is 0 Å². The van der Waals surface area contributed by atoms with Crippen LogP contribution in [0.3, 0.4) is 0 Å². The van der Waals surface area contributed by atoms with Crippen molar-refractivity contribution < 1.29 is 0 Å². The van der Waals surface area contributed by atoms with Gasteiger partial charge in [0.25, 0.3) is 0 Å². The topological polar surface area (TPSA) is 56.2 Å². The number of fused-ring (bicyclic) bond motifs is 1. The number of rotatable bonds is 3. The highest BCUT2D eigenvalue weighted by Gasteiger charge is 2.17. The van der Waals surface area contributed by atoms with Crippen molar-refractivity contribution in [3.63, 3.8) is 0 Å². The van der Waals surface area contributed by atoms with Gasteiger partial charge in [-0.3, -0.25) is 4.40 Å². The standard InChI is InChI=1S/C13H18N4S/c14-9-10-4-5-17-12(7-10)15-16-13(17)8-11-3-1-2-6-18-11/h4-5,7,11H,1-3,6,8-9,14H2. The van der Waals surface area contributed by atoms with Gasteiger partial charge in [0.2, 0.25) is 0 Å². The molecular formula is C13H18N4S. The van der Waals surface area contributed by atoms with E-state index in [4.69, 9.17) is 5.73 Å². The van der Waals surface area contributed by atoms with E-state index in [0.29, 0.717) is 11.8 Å². The number of hydrogen-bond acceptors (Lipinski definition) is 4. The lowest BCUT2D eigenvalue weighted by atomic mass is 10.1. The Balaban J connectivity index is 1.83. The van der Waals surface area contributed by atoms with Crippen molar-refractivity contribution in [3.05, 3.63) is 29.7 Å². The lowest BCUT2D eigenvalue weighted by Crippen LogP contribution is -2.14. The average Bonchev–Trinajstić information content (AvgIpc) is 2.82. The zero-order valence-electron chi connectivity index (χ0n) is 10.4. The first-order valence-corrected chi connectivity index (χ1v) is 7.56. The van der Waals surface area contributed by atoms with Crippen molar-refractivity contribution in [2.75, 3.05) is 5.75 Å². The first-order chi connectivity index (χ1) is 8.86. The van der Waals surface area contributed by atoms with Crippen molar-refractivity contribution in [3.8, 4) is 0 Å². The minimum absolute atomic E-state index is 0.553. The lowest BCUT2D eigenvalue weighted by Gasteiger charge is -2.20. The van der Waals surface area contributed by atoms with E-state index in [-0.39, 0.29) is 0 Å². The van der Waals surface area contributed by atoms with E-state index in [1.54, 1.807) is 0 Å². The molecule has 4 nitrogen and oxygen atoms in total. The van der Waals surface area contributed by atoms with Crippen molar-refractivity contribution in [1.82, 2.24) is 14.6 Å². The molecule has 3 heterocycles. The molecule has 1 fully saturated rings. The van der Waals surface area contributed by atoms with Crippen LogP contribution in [0.4, 0.5) is 0 Å². The molecule has 2 N–H and O–H groups in total. The van der Waals surface area contributed by atoms with Gasteiger partial charge in [-0.05, 0) is 36.3 Å². The number of aromatic nitrogens is 3. The molecule has 1 saturated heterocycles. The largest absolute Gasteiger partial charge is 0.326 e. The predicted octanol–water partition coefficient (Wildman–Crippen LogP) is 2.02. The zero-order chi connectivity index (χ0) is 12.4. The minimum atomic E-state index is 0.553. The first kappa shape index (κ1) is 12.0. The van der Waals surface area contributed by atoms with Crippen LogP contribution < -0.4 is 5.73 Å². The summed E-state index contributed by atoms with van der Waals surface area (Å²) in [5.41, 5.74) is 7.65. The molecule has 0 aliphatic carbocycles. The SMILES string of the molecule is NCc1ccn2c(CC3CCCCS3)nnc2c1. The van der Waals surface area contributed by atoms with Gasteiger partial charge in [-0.2, -0.15) is 11.8 Å². The van der Waals surface area contributed by atoms with Gasteiger partial charge >= 0.3 is 0 Å². The Morgan fingerprint density at radius 1 is 1.39 bits per heavy atom. The molecule has 5 heteroatoms. The molecule has 1 atom stereocenters. The van der Waals surface area contributed by atoms with Gasteiger partial charge in [-0.15, -0.1) is 10.2 Å². The van der Waals surface area contributed by atoms with Gasteiger partial charge in [0.15, 0.2) is 5.65 Å².